The lowest BCUT2D eigenvalue weighted by Crippen LogP contribution is -2.37. The molecule has 0 bridgehead atoms. The number of para-hydroxylation sites is 2. The summed E-state index contributed by atoms with van der Waals surface area (Å²) in [6.45, 7) is 9.10. The van der Waals surface area contributed by atoms with Crippen LogP contribution < -0.4 is 5.19 Å². The molecule has 3 aromatic heterocycles. The van der Waals surface area contributed by atoms with E-state index in [9.17, 15) is 0 Å². The minimum Gasteiger partial charge on any atom is -0.455 e. The number of hydrogen-bond acceptors (Lipinski definition) is 3. The maximum absolute atomic E-state index is 6.54. The number of nitrogens with zero attached hydrogens (tertiary/aromatic N) is 3. The van der Waals surface area contributed by atoms with Gasteiger partial charge in [0.2, 0.25) is 0 Å². The van der Waals surface area contributed by atoms with Crippen molar-refractivity contribution in [3.8, 4) is 17.1 Å². The zero-order valence-corrected chi connectivity index (χ0v) is 20.3. The molecule has 0 atom stereocenters. The Morgan fingerprint density at radius 3 is 2.45 bits per heavy atom. The Bertz CT molecular complexity index is 1660. The van der Waals surface area contributed by atoms with Crippen molar-refractivity contribution in [2.24, 2.45) is 0 Å². The van der Waals surface area contributed by atoms with Crippen LogP contribution in [0.15, 0.2) is 83.4 Å². The molecule has 0 N–H and O–H groups in total. The highest BCUT2D eigenvalue weighted by Gasteiger charge is 2.22. The molecule has 0 saturated heterocycles. The largest absolute Gasteiger partial charge is 0.455 e. The Kier molecular flexibility index (Phi) is 4.32. The second-order valence-corrected chi connectivity index (χ2v) is 14.7. The Morgan fingerprint density at radius 2 is 1.67 bits per heavy atom. The van der Waals surface area contributed by atoms with E-state index >= 15 is 0 Å². The monoisotopic (exact) mass is 447 g/mol. The maximum atomic E-state index is 6.54. The van der Waals surface area contributed by atoms with E-state index in [0.717, 1.165) is 55.7 Å². The Hall–Kier alpha value is -3.70. The van der Waals surface area contributed by atoms with Crippen LogP contribution in [0.4, 0.5) is 0 Å². The number of pyridine rings is 1. The standard InChI is InChI=1S/C28H25N3OSi/c1-18-15-25-24(17-29-18)30-28(31(25)19-9-6-5-7-10-19)23-12-8-11-22-21-14-13-20(33(2,3)4)16-26(21)32-27(22)23/h5-17H,1-4H3. The predicted octanol–water partition coefficient (Wildman–Crippen LogP) is 6.84. The number of fused-ring (bicyclic) bond motifs is 4. The summed E-state index contributed by atoms with van der Waals surface area (Å²) < 4.78 is 8.75. The fourth-order valence-corrected chi connectivity index (χ4v) is 5.69. The van der Waals surface area contributed by atoms with Crippen molar-refractivity contribution in [2.45, 2.75) is 26.6 Å². The van der Waals surface area contributed by atoms with Gasteiger partial charge in [0.15, 0.2) is 0 Å². The second-order valence-electron chi connectivity index (χ2n) is 9.67. The van der Waals surface area contributed by atoms with E-state index in [2.05, 4.69) is 95.9 Å². The summed E-state index contributed by atoms with van der Waals surface area (Å²) in [5, 5.41) is 3.66. The normalized spacial score (nSPS) is 12.2. The fourth-order valence-electron chi connectivity index (χ4n) is 4.54. The molecule has 33 heavy (non-hydrogen) atoms. The average Bonchev–Trinajstić information content (AvgIpc) is 3.36. The lowest BCUT2D eigenvalue weighted by Gasteiger charge is -2.15. The van der Waals surface area contributed by atoms with Gasteiger partial charge in [0.25, 0.3) is 0 Å². The Morgan fingerprint density at radius 1 is 0.848 bits per heavy atom. The van der Waals surface area contributed by atoms with Crippen molar-refractivity contribution in [1.82, 2.24) is 14.5 Å². The minimum absolute atomic E-state index is 0.860. The van der Waals surface area contributed by atoms with E-state index in [1.165, 1.54) is 5.19 Å². The zero-order chi connectivity index (χ0) is 22.7. The highest BCUT2D eigenvalue weighted by Crippen LogP contribution is 2.37. The molecule has 0 unspecified atom stereocenters. The molecule has 0 saturated carbocycles. The third-order valence-electron chi connectivity index (χ3n) is 6.30. The molecule has 0 fully saturated rings. The van der Waals surface area contributed by atoms with E-state index in [1.54, 1.807) is 0 Å². The number of imidazole rings is 1. The molecular weight excluding hydrogens is 422 g/mol. The lowest BCUT2D eigenvalue weighted by atomic mass is 10.1. The molecule has 162 valence electrons. The second kappa shape index (κ2) is 7.15. The van der Waals surface area contributed by atoms with Gasteiger partial charge in [-0.3, -0.25) is 9.55 Å². The van der Waals surface area contributed by atoms with Gasteiger partial charge in [-0.05, 0) is 37.3 Å². The van der Waals surface area contributed by atoms with Gasteiger partial charge in [0.1, 0.15) is 22.5 Å². The summed E-state index contributed by atoms with van der Waals surface area (Å²) in [6, 6.07) is 25.5. The molecule has 0 radical (unpaired) electrons. The quantitative estimate of drug-likeness (QED) is 0.279. The molecule has 4 nitrogen and oxygen atoms in total. The van der Waals surface area contributed by atoms with Crippen molar-refractivity contribution < 1.29 is 4.42 Å². The summed E-state index contributed by atoms with van der Waals surface area (Å²) in [5.41, 5.74) is 6.73. The molecular formula is C28H25N3OSi. The molecule has 0 aliphatic heterocycles. The first kappa shape index (κ1) is 19.9. The van der Waals surface area contributed by atoms with Gasteiger partial charge in [-0.2, -0.15) is 0 Å². The molecule has 0 aliphatic carbocycles. The molecule has 3 heterocycles. The first-order chi connectivity index (χ1) is 15.9. The average molecular weight is 448 g/mol. The first-order valence-electron chi connectivity index (χ1n) is 11.3. The Balaban J connectivity index is 1.68. The number of rotatable bonds is 3. The van der Waals surface area contributed by atoms with Crippen molar-refractivity contribution in [3.63, 3.8) is 0 Å². The Labute approximate surface area is 193 Å². The van der Waals surface area contributed by atoms with Crippen LogP contribution in [0.25, 0.3) is 50.0 Å². The van der Waals surface area contributed by atoms with E-state index < -0.39 is 8.07 Å². The van der Waals surface area contributed by atoms with Crippen molar-refractivity contribution >= 4 is 46.2 Å². The fraction of sp³-hybridized carbons (Fsp3) is 0.143. The molecule has 5 heteroatoms. The van der Waals surface area contributed by atoms with Crippen LogP contribution in [-0.4, -0.2) is 22.6 Å². The summed E-state index contributed by atoms with van der Waals surface area (Å²) in [5.74, 6) is 0.860. The smallest absolute Gasteiger partial charge is 0.149 e. The van der Waals surface area contributed by atoms with E-state index in [4.69, 9.17) is 9.40 Å². The SMILES string of the molecule is Cc1cc2c(cn1)nc(-c1cccc3c1oc1cc([Si](C)(C)C)ccc13)n2-c1ccccc1. The third kappa shape index (κ3) is 3.19. The summed E-state index contributed by atoms with van der Waals surface area (Å²) >= 11 is 0. The van der Waals surface area contributed by atoms with Crippen LogP contribution in [0.1, 0.15) is 5.69 Å². The summed E-state index contributed by atoms with van der Waals surface area (Å²) in [6.07, 6.45) is 1.85. The van der Waals surface area contributed by atoms with Crippen LogP contribution in [0, 0.1) is 6.92 Å². The number of furan rings is 1. The van der Waals surface area contributed by atoms with E-state index in [-0.39, 0.29) is 0 Å². The van der Waals surface area contributed by atoms with Crippen LogP contribution in [-0.2, 0) is 0 Å². The highest BCUT2D eigenvalue weighted by atomic mass is 28.3. The van der Waals surface area contributed by atoms with Crippen molar-refractivity contribution in [1.29, 1.82) is 0 Å². The van der Waals surface area contributed by atoms with Crippen LogP contribution >= 0.6 is 0 Å². The van der Waals surface area contributed by atoms with Gasteiger partial charge in [-0.15, -0.1) is 0 Å². The van der Waals surface area contributed by atoms with Gasteiger partial charge < -0.3 is 4.42 Å². The molecule has 6 rings (SSSR count). The number of hydrogen-bond donors (Lipinski definition) is 0. The van der Waals surface area contributed by atoms with E-state index in [0.29, 0.717) is 0 Å². The van der Waals surface area contributed by atoms with Gasteiger partial charge in [0, 0.05) is 22.2 Å². The van der Waals surface area contributed by atoms with Gasteiger partial charge in [-0.1, -0.05) is 67.3 Å². The molecule has 6 aromatic rings. The van der Waals surface area contributed by atoms with Gasteiger partial charge in [-0.25, -0.2) is 4.98 Å². The highest BCUT2D eigenvalue weighted by molar-refractivity contribution is 6.88. The van der Waals surface area contributed by atoms with Gasteiger partial charge >= 0.3 is 0 Å². The van der Waals surface area contributed by atoms with Crippen molar-refractivity contribution in [3.05, 3.63) is 84.7 Å². The lowest BCUT2D eigenvalue weighted by molar-refractivity contribution is 0.669. The summed E-state index contributed by atoms with van der Waals surface area (Å²) in [7, 11) is -1.44. The van der Waals surface area contributed by atoms with Crippen LogP contribution in [0.5, 0.6) is 0 Å². The van der Waals surface area contributed by atoms with Gasteiger partial charge in [0.05, 0.1) is 25.4 Å². The maximum Gasteiger partial charge on any atom is 0.149 e. The number of benzene rings is 3. The molecule has 0 amide bonds. The van der Waals surface area contributed by atoms with Crippen LogP contribution in [0.2, 0.25) is 19.6 Å². The topological polar surface area (TPSA) is 43.9 Å². The number of aromatic nitrogens is 3. The number of aryl methyl sites for hydroxylation is 1. The zero-order valence-electron chi connectivity index (χ0n) is 19.3. The van der Waals surface area contributed by atoms with Crippen LogP contribution in [0.3, 0.4) is 0 Å². The molecule has 3 aromatic carbocycles. The molecule has 0 aliphatic rings. The van der Waals surface area contributed by atoms with Crippen molar-refractivity contribution in [2.75, 3.05) is 0 Å². The third-order valence-corrected chi connectivity index (χ3v) is 8.34. The van der Waals surface area contributed by atoms with E-state index in [1.807, 2.05) is 19.2 Å². The predicted molar refractivity (Wildman–Crippen MR) is 139 cm³/mol. The molecule has 0 spiro atoms. The summed E-state index contributed by atoms with van der Waals surface area (Å²) in [4.78, 5) is 9.51. The minimum atomic E-state index is -1.44. The first-order valence-corrected chi connectivity index (χ1v) is 14.8.